The van der Waals surface area contributed by atoms with Gasteiger partial charge in [-0.15, -0.1) is 0 Å². The molecule has 27 heavy (non-hydrogen) atoms. The number of anilines is 4. The molecule has 3 N–H and O–H groups in total. The van der Waals surface area contributed by atoms with Crippen molar-refractivity contribution in [3.05, 3.63) is 35.5 Å². The molecule has 1 fully saturated rings. The zero-order valence-electron chi connectivity index (χ0n) is 14.4. The van der Waals surface area contributed by atoms with E-state index in [1.54, 1.807) is 18.2 Å². The molecule has 6 nitrogen and oxygen atoms in total. The minimum Gasteiger partial charge on any atom is -0.351 e. The molecule has 1 aliphatic carbocycles. The lowest BCUT2D eigenvalue weighted by molar-refractivity contribution is -0.137. The summed E-state index contributed by atoms with van der Waals surface area (Å²) in [5.41, 5.74) is 1.11. The molecule has 2 aliphatic rings. The molecule has 1 aromatic carbocycles. The van der Waals surface area contributed by atoms with E-state index in [4.69, 9.17) is 0 Å². The fourth-order valence-corrected chi connectivity index (χ4v) is 3.09. The predicted octanol–water partition coefficient (Wildman–Crippen LogP) is 4.09. The lowest BCUT2D eigenvalue weighted by Gasteiger charge is -2.26. The minimum absolute atomic E-state index is 0.0647. The van der Waals surface area contributed by atoms with Crippen LogP contribution in [-0.2, 0) is 17.4 Å². The molecule has 1 saturated carbocycles. The molecule has 0 radical (unpaired) electrons. The van der Waals surface area contributed by atoms with Gasteiger partial charge in [0.25, 0.3) is 0 Å². The first kappa shape index (κ1) is 17.6. The average Bonchev–Trinajstić information content (AvgIpc) is 2.57. The summed E-state index contributed by atoms with van der Waals surface area (Å²) in [6, 6.07) is 5.24. The van der Waals surface area contributed by atoms with E-state index >= 15 is 0 Å². The Kier molecular flexibility index (Phi) is 4.37. The number of hydrogen-bond acceptors (Lipinski definition) is 5. The molecule has 0 spiro atoms. The molecule has 9 heteroatoms. The van der Waals surface area contributed by atoms with Crippen LogP contribution in [0.15, 0.2) is 24.4 Å². The fraction of sp³-hybridized carbons (Fsp3) is 0.389. The van der Waals surface area contributed by atoms with Crippen molar-refractivity contribution in [3.8, 4) is 0 Å². The van der Waals surface area contributed by atoms with Crippen LogP contribution in [0.5, 0.6) is 0 Å². The first-order valence-corrected chi connectivity index (χ1v) is 8.79. The summed E-state index contributed by atoms with van der Waals surface area (Å²) in [5, 5.41) is 8.58. The number of rotatable bonds is 4. The summed E-state index contributed by atoms with van der Waals surface area (Å²) in [6.07, 6.45) is 0.144. The van der Waals surface area contributed by atoms with Crippen LogP contribution >= 0.6 is 0 Å². The van der Waals surface area contributed by atoms with Crippen molar-refractivity contribution in [2.45, 2.75) is 44.3 Å². The number of aryl methyl sites for hydroxylation is 1. The van der Waals surface area contributed by atoms with Gasteiger partial charge in [0.2, 0.25) is 11.9 Å². The Bertz CT molecular complexity index is 880. The van der Waals surface area contributed by atoms with Crippen molar-refractivity contribution in [2.75, 3.05) is 16.0 Å². The summed E-state index contributed by atoms with van der Waals surface area (Å²) < 4.78 is 40.1. The highest BCUT2D eigenvalue weighted by Gasteiger charge is 2.35. The molecule has 0 bridgehead atoms. The lowest BCUT2D eigenvalue weighted by Crippen LogP contribution is -2.28. The van der Waals surface area contributed by atoms with E-state index in [2.05, 4.69) is 25.9 Å². The van der Waals surface area contributed by atoms with Crippen LogP contribution in [0, 0.1) is 0 Å². The summed E-state index contributed by atoms with van der Waals surface area (Å²) in [6.45, 7) is 0. The Hall–Kier alpha value is -2.84. The summed E-state index contributed by atoms with van der Waals surface area (Å²) in [7, 11) is 0. The van der Waals surface area contributed by atoms with E-state index in [0.717, 1.165) is 31.0 Å². The van der Waals surface area contributed by atoms with Gasteiger partial charge < -0.3 is 16.0 Å². The number of halogens is 3. The van der Waals surface area contributed by atoms with Crippen LogP contribution in [0.1, 0.15) is 36.8 Å². The number of alkyl halides is 3. The van der Waals surface area contributed by atoms with Gasteiger partial charge in [0, 0.05) is 30.0 Å². The van der Waals surface area contributed by atoms with Gasteiger partial charge >= 0.3 is 6.18 Å². The van der Waals surface area contributed by atoms with Crippen LogP contribution in [0.3, 0.4) is 0 Å². The van der Waals surface area contributed by atoms with Crippen molar-refractivity contribution in [1.29, 1.82) is 0 Å². The van der Waals surface area contributed by atoms with Crippen LogP contribution in [0.4, 0.5) is 36.3 Å². The number of nitrogens with one attached hydrogen (secondary N) is 3. The zero-order valence-corrected chi connectivity index (χ0v) is 14.4. The van der Waals surface area contributed by atoms with E-state index in [9.17, 15) is 18.0 Å². The number of amides is 1. The number of carbonyl (C=O) groups excluding carboxylic acids is 1. The smallest absolute Gasteiger partial charge is 0.351 e. The quantitative estimate of drug-likeness (QED) is 0.748. The number of benzene rings is 1. The molecule has 0 atom stereocenters. The molecule has 2 aromatic rings. The van der Waals surface area contributed by atoms with Gasteiger partial charge in [-0.2, -0.15) is 18.2 Å². The molecular formula is C18H18F3N5O. The average molecular weight is 377 g/mol. The van der Waals surface area contributed by atoms with Gasteiger partial charge in [0.15, 0.2) is 0 Å². The second-order valence-electron chi connectivity index (χ2n) is 6.77. The second-order valence-corrected chi connectivity index (χ2v) is 6.77. The predicted molar refractivity (Wildman–Crippen MR) is 95.0 cm³/mol. The van der Waals surface area contributed by atoms with Crippen LogP contribution in [-0.4, -0.2) is 21.9 Å². The van der Waals surface area contributed by atoms with Crippen molar-refractivity contribution in [3.63, 3.8) is 0 Å². The minimum atomic E-state index is -4.57. The molecule has 1 aromatic heterocycles. The van der Waals surface area contributed by atoms with Crippen molar-refractivity contribution >= 4 is 29.0 Å². The zero-order chi connectivity index (χ0) is 19.0. The Labute approximate surface area is 153 Å². The van der Waals surface area contributed by atoms with Gasteiger partial charge in [-0.3, -0.25) is 4.79 Å². The summed E-state index contributed by atoms with van der Waals surface area (Å²) in [5.74, 6) is -0.176. The number of carbonyl (C=O) groups is 1. The molecule has 142 valence electrons. The monoisotopic (exact) mass is 377 g/mol. The highest BCUT2D eigenvalue weighted by Crippen LogP contribution is 2.36. The Morgan fingerprint density at radius 1 is 1.19 bits per heavy atom. The van der Waals surface area contributed by atoms with Gasteiger partial charge in [-0.25, -0.2) is 4.98 Å². The topological polar surface area (TPSA) is 78.9 Å². The summed E-state index contributed by atoms with van der Waals surface area (Å²) >= 11 is 0. The van der Waals surface area contributed by atoms with Gasteiger partial charge in [0.1, 0.15) is 11.4 Å². The highest BCUT2D eigenvalue weighted by molar-refractivity contribution is 5.94. The van der Waals surface area contributed by atoms with Crippen LogP contribution in [0.25, 0.3) is 0 Å². The van der Waals surface area contributed by atoms with E-state index < -0.39 is 11.7 Å². The third kappa shape index (κ3) is 3.81. The second kappa shape index (κ2) is 6.71. The maximum atomic E-state index is 13.4. The van der Waals surface area contributed by atoms with E-state index in [0.29, 0.717) is 24.2 Å². The number of fused-ring (bicyclic) bond motifs is 1. The first-order valence-electron chi connectivity index (χ1n) is 8.79. The maximum Gasteiger partial charge on any atom is 0.421 e. The van der Waals surface area contributed by atoms with Gasteiger partial charge in [-0.1, -0.05) is 0 Å². The first-order chi connectivity index (χ1) is 12.9. The van der Waals surface area contributed by atoms with Crippen LogP contribution in [0.2, 0.25) is 0 Å². The molecule has 0 saturated heterocycles. The van der Waals surface area contributed by atoms with E-state index in [-0.39, 0.29) is 23.7 Å². The Morgan fingerprint density at radius 2 is 2.00 bits per heavy atom. The van der Waals surface area contributed by atoms with Gasteiger partial charge in [-0.05, 0) is 49.4 Å². The van der Waals surface area contributed by atoms with Crippen molar-refractivity contribution in [1.82, 2.24) is 9.97 Å². The normalized spacial score (nSPS) is 16.9. The molecule has 4 rings (SSSR count). The third-order valence-corrected chi connectivity index (χ3v) is 4.80. The third-order valence-electron chi connectivity index (χ3n) is 4.80. The van der Waals surface area contributed by atoms with Crippen LogP contribution < -0.4 is 16.0 Å². The number of aromatic nitrogens is 2. The van der Waals surface area contributed by atoms with Crippen molar-refractivity contribution in [2.24, 2.45) is 0 Å². The molecule has 0 unspecified atom stereocenters. The van der Waals surface area contributed by atoms with E-state index in [1.807, 2.05) is 0 Å². The maximum absolute atomic E-state index is 13.4. The largest absolute Gasteiger partial charge is 0.421 e. The summed E-state index contributed by atoms with van der Waals surface area (Å²) in [4.78, 5) is 19.3. The van der Waals surface area contributed by atoms with Crippen molar-refractivity contribution < 1.29 is 18.0 Å². The Balaban J connectivity index is 1.62. The fourth-order valence-electron chi connectivity index (χ4n) is 3.09. The van der Waals surface area contributed by atoms with E-state index in [1.165, 1.54) is 0 Å². The highest BCUT2D eigenvalue weighted by atomic mass is 19.4. The SMILES string of the molecule is O=C1CCc2cc(Nc3nc(NC4CCC4)ncc3C(F)(F)F)ccc2N1. The number of nitrogens with zero attached hydrogens (tertiary/aromatic N) is 2. The Morgan fingerprint density at radius 3 is 2.70 bits per heavy atom. The van der Waals surface area contributed by atoms with Gasteiger partial charge in [0.05, 0.1) is 0 Å². The molecule has 1 aliphatic heterocycles. The molecule has 2 heterocycles. The lowest BCUT2D eigenvalue weighted by atomic mass is 9.93. The number of hydrogen-bond donors (Lipinski definition) is 3. The molecule has 1 amide bonds. The standard InChI is InChI=1S/C18H18F3N5O/c19-18(20,21)13-9-22-17(24-11-2-1-3-11)26-16(13)23-12-5-6-14-10(8-12)4-7-15(27)25-14/h5-6,8-9,11H,1-4,7H2,(H,25,27)(H2,22,23,24,26). The molecular weight excluding hydrogens is 359 g/mol.